The van der Waals surface area contributed by atoms with Gasteiger partial charge in [-0.2, -0.15) is 0 Å². The predicted octanol–water partition coefficient (Wildman–Crippen LogP) is 1.89. The summed E-state index contributed by atoms with van der Waals surface area (Å²) in [6.45, 7) is -0.0251. The van der Waals surface area contributed by atoms with Gasteiger partial charge in [0.25, 0.3) is 5.56 Å². The fraction of sp³-hybridized carbons (Fsp3) is 0.200. The number of aliphatic hydroxyl groups is 1. The first-order valence-electron chi connectivity index (χ1n) is 6.62. The molecule has 2 rings (SSSR count). The second kappa shape index (κ2) is 7.11. The summed E-state index contributed by atoms with van der Waals surface area (Å²) in [6.07, 6.45) is 0.658. The van der Waals surface area contributed by atoms with Gasteiger partial charge >= 0.3 is 6.03 Å². The van der Waals surface area contributed by atoms with Crippen molar-refractivity contribution in [2.45, 2.75) is 6.10 Å². The van der Waals surface area contributed by atoms with Crippen LogP contribution in [-0.4, -0.2) is 22.2 Å². The Labute approximate surface area is 132 Å². The number of nitrogens with zero attached hydrogens (tertiary/aromatic N) is 1. The van der Waals surface area contributed by atoms with Gasteiger partial charge in [-0.1, -0.05) is 29.8 Å². The lowest BCUT2D eigenvalue weighted by molar-refractivity contribution is 0.175. The van der Waals surface area contributed by atoms with Crippen LogP contribution >= 0.6 is 11.6 Å². The third-order valence-corrected chi connectivity index (χ3v) is 3.44. The Kier molecular flexibility index (Phi) is 5.19. The first-order chi connectivity index (χ1) is 10.5. The monoisotopic (exact) mass is 321 g/mol. The molecule has 0 saturated carbocycles. The van der Waals surface area contributed by atoms with Crippen molar-refractivity contribution >= 4 is 23.3 Å². The van der Waals surface area contributed by atoms with Crippen molar-refractivity contribution in [1.29, 1.82) is 0 Å². The molecular formula is C15H16ClN3O3. The average molecular weight is 322 g/mol. The van der Waals surface area contributed by atoms with E-state index in [2.05, 4.69) is 10.6 Å². The van der Waals surface area contributed by atoms with Crippen molar-refractivity contribution in [3.63, 3.8) is 0 Å². The van der Waals surface area contributed by atoms with E-state index in [1.807, 2.05) is 0 Å². The van der Waals surface area contributed by atoms with Crippen molar-refractivity contribution in [1.82, 2.24) is 9.88 Å². The number of aromatic nitrogens is 1. The maximum atomic E-state index is 11.8. The number of halogens is 1. The fourth-order valence-electron chi connectivity index (χ4n) is 1.90. The maximum Gasteiger partial charge on any atom is 0.319 e. The van der Waals surface area contributed by atoms with Crippen molar-refractivity contribution in [2.75, 3.05) is 11.9 Å². The zero-order valence-electron chi connectivity index (χ0n) is 11.9. The highest BCUT2D eigenvalue weighted by Crippen LogP contribution is 2.21. The Morgan fingerprint density at radius 3 is 2.77 bits per heavy atom. The molecule has 3 N–H and O–H groups in total. The SMILES string of the molecule is Cn1cccc(NC(=O)NCC(O)c2ccccc2Cl)c1=O. The van der Waals surface area contributed by atoms with Crippen LogP contribution < -0.4 is 16.2 Å². The van der Waals surface area contributed by atoms with E-state index in [-0.39, 0.29) is 17.8 Å². The lowest BCUT2D eigenvalue weighted by atomic mass is 10.1. The van der Waals surface area contributed by atoms with E-state index in [1.165, 1.54) is 10.6 Å². The maximum absolute atomic E-state index is 11.8. The van der Waals surface area contributed by atoms with Crippen molar-refractivity contribution < 1.29 is 9.90 Å². The topological polar surface area (TPSA) is 83.4 Å². The standard InChI is InChI=1S/C15H16ClN3O3/c1-19-8-4-7-12(14(19)21)18-15(22)17-9-13(20)10-5-2-3-6-11(10)16/h2-8,13,20H,9H2,1H3,(H2,17,18,22). The van der Waals surface area contributed by atoms with Gasteiger partial charge in [0, 0.05) is 30.4 Å². The van der Waals surface area contributed by atoms with Gasteiger partial charge < -0.3 is 20.3 Å². The molecule has 1 unspecified atom stereocenters. The molecule has 0 aliphatic carbocycles. The first-order valence-corrected chi connectivity index (χ1v) is 7.00. The summed E-state index contributed by atoms with van der Waals surface area (Å²) in [5.74, 6) is 0. The normalized spacial score (nSPS) is 11.8. The van der Waals surface area contributed by atoms with Gasteiger partial charge in [0.05, 0.1) is 6.10 Å². The summed E-state index contributed by atoms with van der Waals surface area (Å²) in [5.41, 5.74) is 0.374. The molecule has 0 radical (unpaired) electrons. The van der Waals surface area contributed by atoms with Crippen molar-refractivity contribution in [2.24, 2.45) is 7.05 Å². The minimum Gasteiger partial charge on any atom is -0.387 e. The third kappa shape index (κ3) is 3.87. The second-order valence-corrected chi connectivity index (χ2v) is 5.12. The van der Waals surface area contributed by atoms with E-state index in [0.29, 0.717) is 10.6 Å². The summed E-state index contributed by atoms with van der Waals surface area (Å²) in [6, 6.07) is 9.42. The van der Waals surface area contributed by atoms with Crippen LogP contribution in [0.1, 0.15) is 11.7 Å². The van der Waals surface area contributed by atoms with E-state index in [9.17, 15) is 14.7 Å². The quantitative estimate of drug-likeness (QED) is 0.804. The number of hydrogen-bond donors (Lipinski definition) is 3. The molecule has 0 aliphatic heterocycles. The largest absolute Gasteiger partial charge is 0.387 e. The lowest BCUT2D eigenvalue weighted by Crippen LogP contribution is -2.34. The van der Waals surface area contributed by atoms with Gasteiger partial charge in [0.2, 0.25) is 0 Å². The number of hydrogen-bond acceptors (Lipinski definition) is 3. The molecule has 2 amide bonds. The van der Waals surface area contributed by atoms with Crippen molar-refractivity contribution in [3.8, 4) is 0 Å². The minimum atomic E-state index is -0.932. The summed E-state index contributed by atoms with van der Waals surface area (Å²) in [4.78, 5) is 23.5. The number of carbonyl (C=O) groups excluding carboxylic acids is 1. The minimum absolute atomic E-state index is 0.0251. The van der Waals surface area contributed by atoms with Gasteiger partial charge in [0.15, 0.2) is 0 Å². The lowest BCUT2D eigenvalue weighted by Gasteiger charge is -2.14. The van der Waals surface area contributed by atoms with E-state index in [4.69, 9.17) is 11.6 Å². The number of benzene rings is 1. The van der Waals surface area contributed by atoms with E-state index in [0.717, 1.165) is 0 Å². The summed E-state index contributed by atoms with van der Waals surface area (Å²) in [5, 5.41) is 15.4. The van der Waals surface area contributed by atoms with E-state index in [1.54, 1.807) is 43.6 Å². The summed E-state index contributed by atoms with van der Waals surface area (Å²) >= 11 is 5.97. The number of anilines is 1. The van der Waals surface area contributed by atoms with Gasteiger partial charge in [-0.15, -0.1) is 0 Å². The zero-order chi connectivity index (χ0) is 16.1. The number of rotatable bonds is 4. The molecule has 0 aliphatic rings. The van der Waals surface area contributed by atoms with Crippen LogP contribution in [0.2, 0.25) is 5.02 Å². The predicted molar refractivity (Wildman–Crippen MR) is 85.1 cm³/mol. The highest BCUT2D eigenvalue weighted by atomic mass is 35.5. The molecule has 1 aromatic carbocycles. The Bertz CT molecular complexity index is 730. The molecule has 0 fully saturated rings. The summed E-state index contributed by atoms with van der Waals surface area (Å²) < 4.78 is 1.36. The number of aliphatic hydroxyl groups excluding tert-OH is 1. The smallest absolute Gasteiger partial charge is 0.319 e. The van der Waals surface area contributed by atoms with Crippen molar-refractivity contribution in [3.05, 3.63) is 63.5 Å². The van der Waals surface area contributed by atoms with Gasteiger partial charge in [-0.25, -0.2) is 4.79 Å². The van der Waals surface area contributed by atoms with E-state index >= 15 is 0 Å². The molecule has 0 bridgehead atoms. The molecule has 0 saturated heterocycles. The average Bonchev–Trinajstić information content (AvgIpc) is 2.50. The van der Waals surface area contributed by atoms with Crippen LogP contribution in [0, 0.1) is 0 Å². The second-order valence-electron chi connectivity index (χ2n) is 4.71. The van der Waals surface area contributed by atoms with Gasteiger partial charge in [-0.05, 0) is 18.2 Å². The Morgan fingerprint density at radius 1 is 1.32 bits per heavy atom. The summed E-state index contributed by atoms with van der Waals surface area (Å²) in [7, 11) is 1.59. The number of pyridine rings is 1. The molecule has 2 aromatic rings. The number of carbonyl (C=O) groups is 1. The molecule has 116 valence electrons. The molecule has 0 spiro atoms. The molecule has 7 heteroatoms. The highest BCUT2D eigenvalue weighted by Gasteiger charge is 2.13. The van der Waals surface area contributed by atoms with Gasteiger partial charge in [0.1, 0.15) is 5.69 Å². The third-order valence-electron chi connectivity index (χ3n) is 3.09. The Balaban J connectivity index is 1.94. The van der Waals surface area contributed by atoms with Crippen LogP contribution in [0.5, 0.6) is 0 Å². The molecule has 1 atom stereocenters. The van der Waals surface area contributed by atoms with Crippen LogP contribution in [0.4, 0.5) is 10.5 Å². The van der Waals surface area contributed by atoms with Crippen LogP contribution in [-0.2, 0) is 7.05 Å². The fourth-order valence-corrected chi connectivity index (χ4v) is 2.17. The van der Waals surface area contributed by atoms with Crippen LogP contribution in [0.15, 0.2) is 47.4 Å². The molecule has 22 heavy (non-hydrogen) atoms. The Morgan fingerprint density at radius 2 is 2.05 bits per heavy atom. The highest BCUT2D eigenvalue weighted by molar-refractivity contribution is 6.31. The Hall–Kier alpha value is -2.31. The number of nitrogens with one attached hydrogen (secondary N) is 2. The number of amides is 2. The zero-order valence-corrected chi connectivity index (χ0v) is 12.7. The van der Waals surface area contributed by atoms with Crippen LogP contribution in [0.25, 0.3) is 0 Å². The number of aryl methyl sites for hydroxylation is 1. The van der Waals surface area contributed by atoms with E-state index < -0.39 is 12.1 Å². The number of urea groups is 1. The molecule has 1 aromatic heterocycles. The van der Waals surface area contributed by atoms with Crippen LogP contribution in [0.3, 0.4) is 0 Å². The van der Waals surface area contributed by atoms with Gasteiger partial charge in [-0.3, -0.25) is 4.79 Å². The first kappa shape index (κ1) is 16.1. The molecule has 6 nitrogen and oxygen atoms in total. The molecule has 1 heterocycles. The molecular weight excluding hydrogens is 306 g/mol.